The van der Waals surface area contributed by atoms with E-state index in [0.717, 1.165) is 12.8 Å². The number of nitrogens with zero attached hydrogens (tertiary/aromatic N) is 4. The summed E-state index contributed by atoms with van der Waals surface area (Å²) in [5.74, 6) is -0.198. The topological polar surface area (TPSA) is 154 Å². The lowest BCUT2D eigenvalue weighted by Gasteiger charge is -2.18. The van der Waals surface area contributed by atoms with Crippen LogP contribution in [0.5, 0.6) is 11.6 Å². The van der Waals surface area contributed by atoms with E-state index in [4.69, 9.17) is 15.2 Å². The van der Waals surface area contributed by atoms with Gasteiger partial charge in [0.25, 0.3) is 11.8 Å². The average molecular weight is 485 g/mol. The molecule has 0 spiro atoms. The van der Waals surface area contributed by atoms with Crippen molar-refractivity contribution in [3.05, 3.63) is 47.9 Å². The Morgan fingerprint density at radius 2 is 2.03 bits per heavy atom. The smallest absolute Gasteiger partial charge is 0.274 e. The number of nitrogens with one attached hydrogen (secondary N) is 1. The minimum absolute atomic E-state index is 0.0819. The summed E-state index contributed by atoms with van der Waals surface area (Å²) < 4.78 is 12.7. The standard InChI is InChI=1S/C24H32N6O5/c1-4-7-16(8-6-13-34-23-18(21(25)31)9-5-12-26-23)27-22(32)20-19-11-10-17(14-30(19)29-28-20)35-15-24(2,3)33/h5,9-12,14,16,33H,4,6-8,13,15H2,1-3H3,(H2,25,31)(H,27,32)/t16-/m0/s1. The first-order chi connectivity index (χ1) is 16.7. The van der Waals surface area contributed by atoms with E-state index in [1.54, 1.807) is 44.3 Å². The summed E-state index contributed by atoms with van der Waals surface area (Å²) in [7, 11) is 0. The van der Waals surface area contributed by atoms with Gasteiger partial charge in [0.1, 0.15) is 17.9 Å². The fourth-order valence-corrected chi connectivity index (χ4v) is 3.47. The highest BCUT2D eigenvalue weighted by Gasteiger charge is 2.20. The Hall–Kier alpha value is -3.73. The molecule has 0 radical (unpaired) electrons. The molecule has 3 aromatic rings. The zero-order valence-electron chi connectivity index (χ0n) is 20.2. The van der Waals surface area contributed by atoms with Crippen LogP contribution >= 0.6 is 0 Å². The molecule has 3 heterocycles. The SMILES string of the molecule is CCC[C@@H](CCCOc1ncccc1C(N)=O)NC(=O)c1nnn2cc(OCC(C)(C)O)ccc12. The van der Waals surface area contributed by atoms with Crippen LogP contribution in [0.1, 0.15) is 67.3 Å². The van der Waals surface area contributed by atoms with E-state index < -0.39 is 11.5 Å². The molecule has 0 aromatic carbocycles. The second-order valence-corrected chi connectivity index (χ2v) is 8.90. The largest absolute Gasteiger partial charge is 0.489 e. The fraction of sp³-hybridized carbons (Fsp3) is 0.458. The molecule has 11 heteroatoms. The number of amides is 2. The molecular weight excluding hydrogens is 452 g/mol. The number of ether oxygens (including phenoxy) is 2. The normalized spacial score (nSPS) is 12.3. The van der Waals surface area contributed by atoms with Gasteiger partial charge in [-0.15, -0.1) is 5.10 Å². The van der Waals surface area contributed by atoms with E-state index in [0.29, 0.717) is 30.7 Å². The van der Waals surface area contributed by atoms with Crippen LogP contribution in [0.3, 0.4) is 0 Å². The van der Waals surface area contributed by atoms with Gasteiger partial charge in [-0.3, -0.25) is 9.59 Å². The highest BCUT2D eigenvalue weighted by molar-refractivity contribution is 5.98. The summed E-state index contributed by atoms with van der Waals surface area (Å²) in [4.78, 5) is 28.5. The van der Waals surface area contributed by atoms with Crippen molar-refractivity contribution < 1.29 is 24.2 Å². The summed E-state index contributed by atoms with van der Waals surface area (Å²) in [6.45, 7) is 5.80. The van der Waals surface area contributed by atoms with E-state index in [2.05, 4.69) is 20.6 Å². The molecule has 0 saturated carbocycles. The van der Waals surface area contributed by atoms with E-state index in [1.807, 2.05) is 6.92 Å². The van der Waals surface area contributed by atoms with Crippen LogP contribution in [-0.4, -0.2) is 61.6 Å². The van der Waals surface area contributed by atoms with Crippen molar-refractivity contribution in [3.63, 3.8) is 0 Å². The number of fused-ring (bicyclic) bond motifs is 1. The number of hydrogen-bond acceptors (Lipinski definition) is 8. The molecule has 0 fully saturated rings. The number of aromatic nitrogens is 4. The predicted octanol–water partition coefficient (Wildman–Crippen LogP) is 2.13. The first kappa shape index (κ1) is 25.9. The molecule has 188 valence electrons. The van der Waals surface area contributed by atoms with Crippen molar-refractivity contribution in [1.82, 2.24) is 25.1 Å². The average Bonchev–Trinajstić information content (AvgIpc) is 3.23. The summed E-state index contributed by atoms with van der Waals surface area (Å²) in [6.07, 6.45) is 6.14. The second-order valence-electron chi connectivity index (χ2n) is 8.90. The van der Waals surface area contributed by atoms with Gasteiger partial charge >= 0.3 is 0 Å². The summed E-state index contributed by atoms with van der Waals surface area (Å²) in [5.41, 5.74) is 5.38. The number of carbonyl (C=O) groups excluding carboxylic acids is 2. The van der Waals surface area contributed by atoms with Gasteiger partial charge in [0.15, 0.2) is 5.69 Å². The molecule has 0 aliphatic rings. The van der Waals surface area contributed by atoms with Crippen molar-refractivity contribution in [2.45, 2.75) is 58.1 Å². The fourth-order valence-electron chi connectivity index (χ4n) is 3.47. The number of rotatable bonds is 13. The molecule has 3 rings (SSSR count). The molecule has 0 aliphatic carbocycles. The Bertz CT molecular complexity index is 1160. The van der Waals surface area contributed by atoms with Crippen molar-refractivity contribution >= 4 is 17.3 Å². The lowest BCUT2D eigenvalue weighted by Crippen LogP contribution is -2.35. The Kier molecular flexibility index (Phi) is 8.58. The molecule has 0 unspecified atom stereocenters. The van der Waals surface area contributed by atoms with Crippen LogP contribution in [0.4, 0.5) is 0 Å². The third-order valence-electron chi connectivity index (χ3n) is 5.14. The number of nitrogens with two attached hydrogens (primary N) is 1. The third-order valence-corrected chi connectivity index (χ3v) is 5.14. The zero-order chi connectivity index (χ0) is 25.4. The van der Waals surface area contributed by atoms with Gasteiger partial charge in [-0.05, 0) is 57.4 Å². The molecule has 0 bridgehead atoms. The highest BCUT2D eigenvalue weighted by Crippen LogP contribution is 2.18. The van der Waals surface area contributed by atoms with E-state index >= 15 is 0 Å². The van der Waals surface area contributed by atoms with Gasteiger partial charge in [-0.2, -0.15) is 0 Å². The number of hydrogen-bond donors (Lipinski definition) is 3. The number of carbonyl (C=O) groups is 2. The lowest BCUT2D eigenvalue weighted by atomic mass is 10.1. The van der Waals surface area contributed by atoms with E-state index in [9.17, 15) is 14.7 Å². The van der Waals surface area contributed by atoms with E-state index in [1.165, 1.54) is 10.7 Å². The molecule has 4 N–H and O–H groups in total. The van der Waals surface area contributed by atoms with Gasteiger partial charge in [0.05, 0.1) is 23.9 Å². The van der Waals surface area contributed by atoms with Gasteiger partial charge in [0, 0.05) is 12.2 Å². The minimum atomic E-state index is -0.969. The highest BCUT2D eigenvalue weighted by atomic mass is 16.5. The Labute approximate surface area is 203 Å². The Balaban J connectivity index is 1.57. The molecule has 1 atom stereocenters. The van der Waals surface area contributed by atoms with Gasteiger partial charge < -0.3 is 25.6 Å². The van der Waals surface area contributed by atoms with Crippen molar-refractivity contribution in [3.8, 4) is 11.6 Å². The lowest BCUT2D eigenvalue weighted by molar-refractivity contribution is 0.0283. The maximum Gasteiger partial charge on any atom is 0.274 e. The van der Waals surface area contributed by atoms with Gasteiger partial charge in [0.2, 0.25) is 5.88 Å². The van der Waals surface area contributed by atoms with Crippen molar-refractivity contribution in [2.24, 2.45) is 5.73 Å². The molecule has 2 amide bonds. The molecule has 3 aromatic heterocycles. The van der Waals surface area contributed by atoms with Crippen LogP contribution in [0.25, 0.3) is 5.52 Å². The first-order valence-corrected chi connectivity index (χ1v) is 11.6. The molecule has 11 nitrogen and oxygen atoms in total. The monoisotopic (exact) mass is 484 g/mol. The summed E-state index contributed by atoms with van der Waals surface area (Å²) in [6, 6.07) is 6.52. The van der Waals surface area contributed by atoms with Crippen LogP contribution < -0.4 is 20.5 Å². The maximum absolute atomic E-state index is 12.9. The zero-order valence-corrected chi connectivity index (χ0v) is 20.2. The predicted molar refractivity (Wildman–Crippen MR) is 128 cm³/mol. The second kappa shape index (κ2) is 11.6. The first-order valence-electron chi connectivity index (χ1n) is 11.6. The molecule has 0 aliphatic heterocycles. The van der Waals surface area contributed by atoms with Crippen molar-refractivity contribution in [1.29, 1.82) is 0 Å². The number of pyridine rings is 2. The van der Waals surface area contributed by atoms with Gasteiger partial charge in [-0.1, -0.05) is 18.6 Å². The maximum atomic E-state index is 12.9. The Morgan fingerprint density at radius 3 is 2.74 bits per heavy atom. The minimum Gasteiger partial charge on any atom is -0.489 e. The molecular formula is C24H32N6O5. The Morgan fingerprint density at radius 1 is 1.23 bits per heavy atom. The molecule has 35 heavy (non-hydrogen) atoms. The van der Waals surface area contributed by atoms with Crippen LogP contribution in [-0.2, 0) is 0 Å². The number of aliphatic hydroxyl groups is 1. The van der Waals surface area contributed by atoms with E-state index in [-0.39, 0.29) is 35.7 Å². The quantitative estimate of drug-likeness (QED) is 0.312. The van der Waals surface area contributed by atoms with Crippen molar-refractivity contribution in [2.75, 3.05) is 13.2 Å². The number of primary amides is 1. The van der Waals surface area contributed by atoms with Crippen LogP contribution in [0, 0.1) is 0 Å². The molecule has 0 saturated heterocycles. The third kappa shape index (κ3) is 7.38. The van der Waals surface area contributed by atoms with Crippen LogP contribution in [0.15, 0.2) is 36.7 Å². The van der Waals surface area contributed by atoms with Crippen LogP contribution in [0.2, 0.25) is 0 Å². The summed E-state index contributed by atoms with van der Waals surface area (Å²) >= 11 is 0. The summed E-state index contributed by atoms with van der Waals surface area (Å²) in [5, 5.41) is 20.9. The van der Waals surface area contributed by atoms with Gasteiger partial charge in [-0.25, -0.2) is 9.50 Å².